The Morgan fingerprint density at radius 3 is 2.52 bits per heavy atom. The van der Waals surface area contributed by atoms with E-state index in [4.69, 9.17) is 9.26 Å². The Morgan fingerprint density at radius 1 is 1.05 bits per heavy atom. The zero-order valence-corrected chi connectivity index (χ0v) is 22.1. The van der Waals surface area contributed by atoms with Gasteiger partial charge >= 0.3 is 0 Å². The summed E-state index contributed by atoms with van der Waals surface area (Å²) in [6, 6.07) is 14.5. The molecule has 2 aliphatic heterocycles. The monoisotopic (exact) mass is 550 g/mol. The summed E-state index contributed by atoms with van der Waals surface area (Å²) in [6.45, 7) is 2.87. The van der Waals surface area contributed by atoms with E-state index in [0.717, 1.165) is 37.1 Å². The lowest BCUT2D eigenvalue weighted by Gasteiger charge is -2.45. The molecular weight excluding hydrogens is 518 g/mol. The Hall–Kier alpha value is -3.63. The molecule has 0 bridgehead atoms. The Kier molecular flexibility index (Phi) is 7.37. The highest BCUT2D eigenvalue weighted by atomic mass is 19.1. The Balaban J connectivity index is 1.15. The van der Waals surface area contributed by atoms with Crippen LogP contribution in [0, 0.1) is 17.6 Å². The summed E-state index contributed by atoms with van der Waals surface area (Å²) in [6.07, 6.45) is 4.06. The van der Waals surface area contributed by atoms with E-state index in [0.29, 0.717) is 38.8 Å². The number of nitrogens with zero attached hydrogens (tertiary/aromatic N) is 2. The zero-order chi connectivity index (χ0) is 27.7. The van der Waals surface area contributed by atoms with Crippen molar-refractivity contribution in [3.05, 3.63) is 77.5 Å². The third kappa shape index (κ3) is 5.25. The first-order valence-electron chi connectivity index (χ1n) is 13.8. The van der Waals surface area contributed by atoms with Gasteiger partial charge in [-0.15, -0.1) is 0 Å². The van der Waals surface area contributed by atoms with Crippen molar-refractivity contribution >= 4 is 11.8 Å². The Morgan fingerprint density at radius 2 is 1.85 bits per heavy atom. The van der Waals surface area contributed by atoms with Crippen LogP contribution in [0.25, 0.3) is 11.3 Å². The van der Waals surface area contributed by atoms with Crippen molar-refractivity contribution in [2.75, 3.05) is 32.8 Å². The van der Waals surface area contributed by atoms with Crippen LogP contribution in [0.3, 0.4) is 0 Å². The van der Waals surface area contributed by atoms with Gasteiger partial charge in [0.15, 0.2) is 11.5 Å². The van der Waals surface area contributed by atoms with Gasteiger partial charge in [0.1, 0.15) is 11.6 Å². The molecule has 0 radical (unpaired) electrons. The number of benzene rings is 2. The summed E-state index contributed by atoms with van der Waals surface area (Å²) in [5.74, 6) is -2.57. The molecule has 2 atom stereocenters. The molecule has 2 saturated heterocycles. The van der Waals surface area contributed by atoms with Gasteiger partial charge in [0.2, 0.25) is 5.91 Å². The van der Waals surface area contributed by atoms with Crippen molar-refractivity contribution in [3.8, 4) is 11.3 Å². The molecule has 2 aromatic carbocycles. The fourth-order valence-corrected chi connectivity index (χ4v) is 5.84. The normalized spacial score (nSPS) is 22.6. The molecule has 210 valence electrons. The lowest BCUT2D eigenvalue weighted by Crippen LogP contribution is -2.60. The summed E-state index contributed by atoms with van der Waals surface area (Å²) in [5, 5.41) is 9.95. The average Bonchev–Trinajstić information content (AvgIpc) is 3.38. The van der Waals surface area contributed by atoms with E-state index in [2.05, 4.69) is 32.8 Å². The lowest BCUT2D eigenvalue weighted by molar-refractivity contribution is -0.130. The first-order valence-corrected chi connectivity index (χ1v) is 13.8. The average molecular weight is 551 g/mol. The molecule has 8 nitrogen and oxygen atoms in total. The van der Waals surface area contributed by atoms with E-state index in [-0.39, 0.29) is 28.3 Å². The molecule has 10 heteroatoms. The van der Waals surface area contributed by atoms with Crippen LogP contribution in [-0.2, 0) is 14.9 Å². The fourth-order valence-electron chi connectivity index (χ4n) is 5.84. The molecular formula is C30H32F2N4O4. The lowest BCUT2D eigenvalue weighted by atomic mass is 9.78. The van der Waals surface area contributed by atoms with Crippen LogP contribution in [0.4, 0.5) is 8.78 Å². The largest absolute Gasteiger partial charge is 0.379 e. The van der Waals surface area contributed by atoms with Crippen molar-refractivity contribution in [2.45, 2.75) is 43.2 Å². The first-order chi connectivity index (χ1) is 19.4. The van der Waals surface area contributed by atoms with Crippen molar-refractivity contribution < 1.29 is 27.6 Å². The van der Waals surface area contributed by atoms with Crippen LogP contribution in [0.2, 0.25) is 0 Å². The predicted octanol–water partition coefficient (Wildman–Crippen LogP) is 3.68. The highest BCUT2D eigenvalue weighted by Gasteiger charge is 2.43. The number of piperidine rings is 1. The number of carbonyl (C=O) groups excluding carboxylic acids is 2. The summed E-state index contributed by atoms with van der Waals surface area (Å²) >= 11 is 0. The Labute approximate surface area is 231 Å². The van der Waals surface area contributed by atoms with Crippen molar-refractivity contribution in [3.63, 3.8) is 0 Å². The first kappa shape index (κ1) is 26.6. The fraction of sp³-hybridized carbons (Fsp3) is 0.433. The number of nitrogens with one attached hydrogen (secondary N) is 2. The smallest absolute Gasteiger partial charge is 0.273 e. The predicted molar refractivity (Wildman–Crippen MR) is 142 cm³/mol. The second kappa shape index (κ2) is 11.1. The molecule has 3 fully saturated rings. The number of halogens is 2. The molecule has 1 aliphatic carbocycles. The van der Waals surface area contributed by atoms with E-state index in [1.165, 1.54) is 18.6 Å². The minimum absolute atomic E-state index is 0.00586. The van der Waals surface area contributed by atoms with Gasteiger partial charge in [-0.05, 0) is 37.0 Å². The van der Waals surface area contributed by atoms with Crippen molar-refractivity contribution in [1.29, 1.82) is 0 Å². The highest BCUT2D eigenvalue weighted by molar-refractivity contribution is 5.94. The number of amides is 2. The van der Waals surface area contributed by atoms with Gasteiger partial charge in [-0.3, -0.25) is 14.5 Å². The summed E-state index contributed by atoms with van der Waals surface area (Å²) in [5.41, 5.74) is 0.843. The SMILES string of the molecule is O=C(N[C@@H]1CCN(C2CCC2)C[C@H]1C(=O)NCC1(c2ccccc2)COC1)c1cc(-c2ccc(F)cc2F)on1. The molecule has 40 heavy (non-hydrogen) atoms. The molecule has 1 saturated carbocycles. The quantitative estimate of drug-likeness (QED) is 0.444. The molecule has 0 spiro atoms. The summed E-state index contributed by atoms with van der Waals surface area (Å²) in [7, 11) is 0. The highest BCUT2D eigenvalue weighted by Crippen LogP contribution is 2.33. The number of ether oxygens (including phenoxy) is 1. The van der Waals surface area contributed by atoms with Gasteiger partial charge in [-0.2, -0.15) is 0 Å². The number of hydrogen-bond acceptors (Lipinski definition) is 6. The molecule has 6 rings (SSSR count). The zero-order valence-electron chi connectivity index (χ0n) is 22.1. The van der Waals surface area contributed by atoms with E-state index in [1.807, 2.05) is 18.2 Å². The van der Waals surface area contributed by atoms with Crippen LogP contribution < -0.4 is 10.6 Å². The number of rotatable bonds is 8. The second-order valence-electron chi connectivity index (χ2n) is 11.1. The Bertz CT molecular complexity index is 1370. The molecule has 1 aromatic heterocycles. The molecule has 2 N–H and O–H groups in total. The maximum atomic E-state index is 14.2. The molecule has 0 unspecified atom stereocenters. The number of carbonyl (C=O) groups is 2. The van der Waals surface area contributed by atoms with Gasteiger partial charge < -0.3 is 19.9 Å². The van der Waals surface area contributed by atoms with Gasteiger partial charge in [0, 0.05) is 43.9 Å². The number of aromatic nitrogens is 1. The van der Waals surface area contributed by atoms with Crippen LogP contribution in [-0.4, -0.2) is 66.8 Å². The second-order valence-corrected chi connectivity index (χ2v) is 11.1. The van der Waals surface area contributed by atoms with Crippen molar-refractivity contribution in [2.24, 2.45) is 5.92 Å². The molecule has 2 amide bonds. The van der Waals surface area contributed by atoms with Gasteiger partial charge in [-0.1, -0.05) is 41.9 Å². The van der Waals surface area contributed by atoms with Crippen LogP contribution in [0.1, 0.15) is 41.7 Å². The van der Waals surface area contributed by atoms with Gasteiger partial charge in [0.05, 0.1) is 30.1 Å². The molecule has 3 aromatic rings. The van der Waals surface area contributed by atoms with E-state index in [9.17, 15) is 18.4 Å². The van der Waals surface area contributed by atoms with Crippen LogP contribution in [0.5, 0.6) is 0 Å². The molecule has 3 heterocycles. The van der Waals surface area contributed by atoms with E-state index < -0.39 is 29.5 Å². The number of likely N-dealkylation sites (tertiary alicyclic amines) is 1. The summed E-state index contributed by atoms with van der Waals surface area (Å²) in [4.78, 5) is 29.2. The number of hydrogen-bond donors (Lipinski definition) is 2. The third-order valence-electron chi connectivity index (χ3n) is 8.57. The standard InChI is InChI=1S/C30H32F2N4O4/c31-20-9-10-22(24(32)13-20)27-14-26(35-40-27)29(38)34-25-11-12-36(21-7-4-8-21)15-23(25)28(37)33-16-30(17-39-18-30)19-5-2-1-3-6-19/h1-3,5-6,9-10,13-14,21,23,25H,4,7-8,11-12,15-18H2,(H,33,37)(H,34,38)/t23-,25-/m1/s1. The maximum Gasteiger partial charge on any atom is 0.273 e. The maximum absolute atomic E-state index is 14.2. The van der Waals surface area contributed by atoms with E-state index >= 15 is 0 Å². The van der Waals surface area contributed by atoms with Gasteiger partial charge in [0.25, 0.3) is 5.91 Å². The third-order valence-corrected chi connectivity index (χ3v) is 8.57. The topological polar surface area (TPSA) is 96.7 Å². The van der Waals surface area contributed by atoms with Crippen LogP contribution >= 0.6 is 0 Å². The van der Waals surface area contributed by atoms with Gasteiger partial charge in [-0.25, -0.2) is 8.78 Å². The summed E-state index contributed by atoms with van der Waals surface area (Å²) < 4.78 is 38.2. The van der Waals surface area contributed by atoms with Crippen LogP contribution in [0.15, 0.2) is 59.1 Å². The van der Waals surface area contributed by atoms with E-state index in [1.54, 1.807) is 0 Å². The molecule has 3 aliphatic rings. The minimum atomic E-state index is -0.812. The van der Waals surface area contributed by atoms with Crippen molar-refractivity contribution in [1.82, 2.24) is 20.7 Å². The minimum Gasteiger partial charge on any atom is -0.379 e.